The number of aliphatic hydroxyl groups is 1. The summed E-state index contributed by atoms with van der Waals surface area (Å²) in [7, 11) is 0. The van der Waals surface area contributed by atoms with Crippen molar-refractivity contribution >= 4 is 39.5 Å². The summed E-state index contributed by atoms with van der Waals surface area (Å²) < 4.78 is 13.3. The van der Waals surface area contributed by atoms with Gasteiger partial charge in [-0.25, -0.2) is 4.99 Å². The van der Waals surface area contributed by atoms with Crippen LogP contribution < -0.4 is 10.1 Å². The maximum atomic E-state index is 14.4. The van der Waals surface area contributed by atoms with Crippen molar-refractivity contribution in [3.63, 3.8) is 0 Å². The monoisotopic (exact) mass is 679 g/mol. The number of nitrogens with one attached hydrogen (secondary N) is 1. The zero-order chi connectivity index (χ0) is 32.2. The zero-order valence-electron chi connectivity index (χ0n) is 25.1. The Morgan fingerprint density at radius 3 is 2.52 bits per heavy atom. The summed E-state index contributed by atoms with van der Waals surface area (Å²) >= 11 is 3.47. The number of hydrogen-bond acceptors (Lipinski definition) is 6. The number of halogens is 1. The predicted molar refractivity (Wildman–Crippen MR) is 183 cm³/mol. The van der Waals surface area contributed by atoms with Crippen LogP contribution in [0.15, 0.2) is 124 Å². The molecule has 1 amide bonds. The third-order valence-electron chi connectivity index (χ3n) is 7.55. The van der Waals surface area contributed by atoms with Crippen LogP contribution in [0.4, 0.5) is 5.69 Å². The fourth-order valence-corrected chi connectivity index (χ4v) is 5.47. The fourth-order valence-electron chi connectivity index (χ4n) is 5.20. The largest absolute Gasteiger partial charge is 0.494 e. The molecule has 10 heteroatoms. The SMILES string of the molecule is [N-]=[N+]=Nc1ccccc1[C@H]1OC(c2ccc(OCCCO)cc2)=N[C@@]1(C/C=C/c1ccccc1)C(=O)NCCc1ccc(Br)cc1. The molecule has 0 unspecified atom stereocenters. The normalized spacial score (nSPS) is 17.2. The summed E-state index contributed by atoms with van der Waals surface area (Å²) in [5.41, 5.74) is 11.6. The lowest BCUT2D eigenvalue weighted by Crippen LogP contribution is -2.48. The highest BCUT2D eigenvalue weighted by Crippen LogP contribution is 2.45. The summed E-state index contributed by atoms with van der Waals surface area (Å²) in [5.74, 6) is 0.629. The molecule has 0 saturated carbocycles. The second-order valence-electron chi connectivity index (χ2n) is 10.7. The van der Waals surface area contributed by atoms with Crippen molar-refractivity contribution < 1.29 is 19.4 Å². The van der Waals surface area contributed by atoms with Crippen molar-refractivity contribution in [1.82, 2.24) is 5.32 Å². The number of rotatable bonds is 14. The van der Waals surface area contributed by atoms with Crippen molar-refractivity contribution in [3.8, 4) is 5.75 Å². The third-order valence-corrected chi connectivity index (χ3v) is 8.08. The summed E-state index contributed by atoms with van der Waals surface area (Å²) in [5, 5.41) is 16.1. The van der Waals surface area contributed by atoms with Crippen LogP contribution in [0, 0.1) is 0 Å². The average molecular weight is 681 g/mol. The number of aliphatic imine (C=N–C) groups is 1. The molecule has 234 valence electrons. The first-order valence-corrected chi connectivity index (χ1v) is 15.8. The van der Waals surface area contributed by atoms with Crippen molar-refractivity contribution in [1.29, 1.82) is 0 Å². The number of carbonyl (C=O) groups is 1. The summed E-state index contributed by atoms with van der Waals surface area (Å²) in [6.07, 6.45) is 4.37. The maximum absolute atomic E-state index is 14.4. The van der Waals surface area contributed by atoms with Gasteiger partial charge < -0.3 is 19.9 Å². The number of carbonyl (C=O) groups excluding carboxylic acids is 1. The number of ether oxygens (including phenoxy) is 2. The van der Waals surface area contributed by atoms with E-state index in [4.69, 9.17) is 19.6 Å². The van der Waals surface area contributed by atoms with Gasteiger partial charge in [0.1, 0.15) is 5.75 Å². The first-order valence-electron chi connectivity index (χ1n) is 15.0. The molecule has 9 nitrogen and oxygen atoms in total. The van der Waals surface area contributed by atoms with Crippen molar-refractivity contribution in [3.05, 3.63) is 146 Å². The van der Waals surface area contributed by atoms with Crippen LogP contribution in [0.2, 0.25) is 0 Å². The molecule has 0 radical (unpaired) electrons. The zero-order valence-corrected chi connectivity index (χ0v) is 26.7. The molecule has 0 saturated heterocycles. The van der Waals surface area contributed by atoms with Crippen LogP contribution in [0.25, 0.3) is 16.5 Å². The molecule has 2 N–H and O–H groups in total. The van der Waals surface area contributed by atoms with E-state index in [-0.39, 0.29) is 18.9 Å². The Bertz CT molecular complexity index is 1720. The van der Waals surface area contributed by atoms with E-state index in [0.717, 1.165) is 15.6 Å². The van der Waals surface area contributed by atoms with E-state index in [2.05, 4.69) is 31.3 Å². The van der Waals surface area contributed by atoms with Crippen LogP contribution in [-0.4, -0.2) is 42.2 Å². The summed E-state index contributed by atoms with van der Waals surface area (Å²) in [6, 6.07) is 32.1. The van der Waals surface area contributed by atoms with Gasteiger partial charge in [-0.2, -0.15) is 0 Å². The highest BCUT2D eigenvalue weighted by molar-refractivity contribution is 9.10. The van der Waals surface area contributed by atoms with Crippen LogP contribution in [0.1, 0.15) is 41.2 Å². The van der Waals surface area contributed by atoms with Gasteiger partial charge in [0.15, 0.2) is 11.6 Å². The first-order chi connectivity index (χ1) is 22.5. The van der Waals surface area contributed by atoms with Gasteiger partial charge in [0.2, 0.25) is 5.90 Å². The maximum Gasteiger partial charge on any atom is 0.252 e. The molecule has 1 aliphatic heterocycles. The topological polar surface area (TPSA) is 129 Å². The number of aliphatic hydroxyl groups excluding tert-OH is 1. The molecule has 2 atom stereocenters. The van der Waals surface area contributed by atoms with Gasteiger partial charge in [-0.15, -0.1) is 0 Å². The molecule has 4 aromatic rings. The second kappa shape index (κ2) is 15.9. The first kappa shape index (κ1) is 32.5. The third kappa shape index (κ3) is 8.03. The van der Waals surface area contributed by atoms with E-state index in [1.807, 2.05) is 84.9 Å². The van der Waals surface area contributed by atoms with Crippen molar-refractivity contribution in [2.75, 3.05) is 19.8 Å². The van der Waals surface area contributed by atoms with E-state index in [1.54, 1.807) is 30.3 Å². The average Bonchev–Trinajstić information content (AvgIpc) is 3.47. The Morgan fingerprint density at radius 2 is 1.78 bits per heavy atom. The number of azide groups is 1. The number of benzene rings is 4. The van der Waals surface area contributed by atoms with Gasteiger partial charge in [-0.3, -0.25) is 4.79 Å². The van der Waals surface area contributed by atoms with Crippen LogP contribution in [0.5, 0.6) is 5.75 Å². The van der Waals surface area contributed by atoms with Crippen molar-refractivity contribution in [2.45, 2.75) is 30.9 Å². The minimum Gasteiger partial charge on any atom is -0.494 e. The van der Waals surface area contributed by atoms with Gasteiger partial charge in [0, 0.05) is 52.2 Å². The number of nitrogens with zero attached hydrogens (tertiary/aromatic N) is 4. The quantitative estimate of drug-likeness (QED) is 0.0608. The standard InChI is InChI=1S/C36H34BrN5O4/c37-29-17-13-27(14-18-29)21-23-39-35(44)36(22-6-10-26-8-2-1-3-9-26)33(31-11-4-5-12-32(31)41-42-38)46-34(40-36)28-15-19-30(20-16-28)45-25-7-24-43/h1-6,8-20,33,43H,7,21-25H2,(H,39,44)/b10-6+/t33-,36-/m1/s1. The Kier molecular flexibility index (Phi) is 11.2. The second-order valence-corrected chi connectivity index (χ2v) is 11.6. The van der Waals surface area contributed by atoms with Crippen molar-refractivity contribution in [2.24, 2.45) is 10.1 Å². The molecule has 1 heterocycles. The van der Waals surface area contributed by atoms with E-state index in [0.29, 0.717) is 54.5 Å². The molecule has 5 rings (SSSR count). The fraction of sp³-hybridized carbons (Fsp3) is 0.222. The lowest BCUT2D eigenvalue weighted by atomic mass is 9.83. The lowest BCUT2D eigenvalue weighted by molar-refractivity contribution is -0.128. The molecule has 0 bridgehead atoms. The smallest absolute Gasteiger partial charge is 0.252 e. The number of amides is 1. The molecule has 4 aromatic carbocycles. The molecule has 1 aliphatic rings. The van der Waals surface area contributed by atoms with Gasteiger partial charge >= 0.3 is 0 Å². The van der Waals surface area contributed by atoms with Gasteiger partial charge in [-0.05, 0) is 59.5 Å². The molecule has 0 spiro atoms. The summed E-state index contributed by atoms with van der Waals surface area (Å²) in [4.78, 5) is 22.5. The van der Waals surface area contributed by atoms with Gasteiger partial charge in [-0.1, -0.05) is 99.9 Å². The highest BCUT2D eigenvalue weighted by atomic mass is 79.9. The summed E-state index contributed by atoms with van der Waals surface area (Å²) in [6.45, 7) is 0.830. The Labute approximate surface area is 276 Å². The Hall–Kier alpha value is -4.89. The van der Waals surface area contributed by atoms with Gasteiger partial charge in [0.05, 0.1) is 6.61 Å². The van der Waals surface area contributed by atoms with E-state index >= 15 is 0 Å². The Morgan fingerprint density at radius 1 is 1.04 bits per heavy atom. The minimum absolute atomic E-state index is 0.0490. The van der Waals surface area contributed by atoms with Gasteiger partial charge in [0.25, 0.3) is 5.91 Å². The lowest BCUT2D eigenvalue weighted by Gasteiger charge is -2.30. The Balaban J connectivity index is 1.53. The highest BCUT2D eigenvalue weighted by Gasteiger charge is 2.53. The molecule has 46 heavy (non-hydrogen) atoms. The molecule has 0 aliphatic carbocycles. The van der Waals surface area contributed by atoms with Crippen LogP contribution in [0.3, 0.4) is 0 Å². The number of hydrogen-bond donors (Lipinski definition) is 2. The molecular formula is C36H34BrN5O4. The molecule has 0 aromatic heterocycles. The van der Waals surface area contributed by atoms with Crippen LogP contribution in [-0.2, 0) is 16.0 Å². The minimum atomic E-state index is -1.42. The van der Waals surface area contributed by atoms with E-state index < -0.39 is 11.6 Å². The van der Waals surface area contributed by atoms with E-state index in [9.17, 15) is 10.3 Å². The van der Waals surface area contributed by atoms with E-state index in [1.165, 1.54) is 0 Å². The predicted octanol–water partition coefficient (Wildman–Crippen LogP) is 7.87. The van der Waals surface area contributed by atoms with Crippen LogP contribution >= 0.6 is 15.9 Å². The molecular weight excluding hydrogens is 646 g/mol. The molecule has 0 fully saturated rings.